The van der Waals surface area contributed by atoms with Crippen molar-refractivity contribution in [2.45, 2.75) is 0 Å². The highest BCUT2D eigenvalue weighted by atomic mass is 31.2. The van der Waals surface area contributed by atoms with Crippen molar-refractivity contribution in [2.75, 3.05) is 0 Å². The lowest BCUT2D eigenvalue weighted by Crippen LogP contribution is -2.56. The lowest BCUT2D eigenvalue weighted by molar-refractivity contribution is 0.333. The Bertz CT molecular complexity index is 1670. The zero-order chi connectivity index (χ0) is 33.1. The standard InChI is InChI=1S/C42H35O3P3Si/c1-8-22-36(23-9-1)46(37-24-10-2-11-25-37)43-49(42-34-20-7-21-35-42,44-47(38-26-12-3-13-27-38)39-28-14-4-15-29-39)45-48(40-30-16-5-17-31-40)41-32-18-6-19-33-41/h1-35H. The van der Waals surface area contributed by atoms with Crippen molar-refractivity contribution in [3.63, 3.8) is 0 Å². The van der Waals surface area contributed by atoms with Crippen LogP contribution in [0.4, 0.5) is 0 Å². The van der Waals surface area contributed by atoms with Gasteiger partial charge in [0, 0.05) is 37.0 Å². The zero-order valence-electron chi connectivity index (χ0n) is 26.8. The minimum absolute atomic E-state index is 0.924. The Hall–Kier alpha value is -4.07. The predicted octanol–water partition coefficient (Wildman–Crippen LogP) is 8.03. The van der Waals surface area contributed by atoms with Crippen molar-refractivity contribution in [3.05, 3.63) is 212 Å². The normalized spacial score (nSPS) is 11.7. The maximum atomic E-state index is 7.74. The average molecular weight is 709 g/mol. The van der Waals surface area contributed by atoms with Crippen LogP contribution in [0.5, 0.6) is 0 Å². The third-order valence-electron chi connectivity index (χ3n) is 7.71. The molecule has 7 rings (SSSR count). The van der Waals surface area contributed by atoms with Crippen LogP contribution in [0.25, 0.3) is 0 Å². The first-order valence-corrected chi connectivity index (χ1v) is 21.6. The van der Waals surface area contributed by atoms with Crippen molar-refractivity contribution in [2.24, 2.45) is 0 Å². The van der Waals surface area contributed by atoms with Gasteiger partial charge in [-0.05, 0) is 0 Å². The molecule has 0 aromatic heterocycles. The monoisotopic (exact) mass is 708 g/mol. The van der Waals surface area contributed by atoms with Crippen LogP contribution in [0, 0.1) is 0 Å². The predicted molar refractivity (Wildman–Crippen MR) is 212 cm³/mol. The molecule has 49 heavy (non-hydrogen) atoms. The molecule has 0 aliphatic heterocycles. The molecule has 7 heteroatoms. The second-order valence-electron chi connectivity index (χ2n) is 11.1. The molecule has 7 aromatic rings. The maximum Gasteiger partial charge on any atom is 0.548 e. The van der Waals surface area contributed by atoms with E-state index in [1.807, 2.05) is 42.5 Å². The molecule has 3 nitrogen and oxygen atoms in total. The Morgan fingerprint density at radius 2 is 0.429 bits per heavy atom. The topological polar surface area (TPSA) is 27.7 Å². The van der Waals surface area contributed by atoms with Crippen molar-refractivity contribution in [3.8, 4) is 0 Å². The van der Waals surface area contributed by atoms with E-state index >= 15 is 0 Å². The fourth-order valence-electron chi connectivity index (χ4n) is 5.35. The largest absolute Gasteiger partial charge is 0.548 e. The van der Waals surface area contributed by atoms with Crippen molar-refractivity contribution < 1.29 is 12.6 Å². The van der Waals surface area contributed by atoms with Crippen LogP contribution in [0.2, 0.25) is 0 Å². The van der Waals surface area contributed by atoms with E-state index in [1.165, 1.54) is 0 Å². The first-order valence-electron chi connectivity index (χ1n) is 16.1. The van der Waals surface area contributed by atoms with Crippen LogP contribution >= 0.6 is 24.4 Å². The summed E-state index contributed by atoms with van der Waals surface area (Å²) >= 11 is 0. The summed E-state index contributed by atoms with van der Waals surface area (Å²) in [6, 6.07) is 73.4. The summed E-state index contributed by atoms with van der Waals surface area (Å²) in [5.41, 5.74) is 0. The van der Waals surface area contributed by atoms with Gasteiger partial charge in [0.2, 0.25) is 0 Å². The summed E-state index contributed by atoms with van der Waals surface area (Å²) < 4.78 is 23.2. The molecule has 0 unspecified atom stereocenters. The molecule has 0 fully saturated rings. The highest BCUT2D eigenvalue weighted by Gasteiger charge is 2.52. The molecular formula is C42H35O3P3Si. The Balaban J connectivity index is 1.48. The van der Waals surface area contributed by atoms with Gasteiger partial charge in [0.1, 0.15) is 0 Å². The number of hydrogen-bond acceptors (Lipinski definition) is 3. The highest BCUT2D eigenvalue weighted by Crippen LogP contribution is 2.50. The van der Waals surface area contributed by atoms with Gasteiger partial charge in [-0.15, -0.1) is 0 Å². The van der Waals surface area contributed by atoms with E-state index in [4.69, 9.17) is 12.6 Å². The lowest BCUT2D eigenvalue weighted by Gasteiger charge is -2.38. The summed E-state index contributed by atoms with van der Waals surface area (Å²) in [5, 5.41) is 7.49. The van der Waals surface area contributed by atoms with Gasteiger partial charge in [-0.25, -0.2) is 0 Å². The SMILES string of the molecule is c1ccc(P(O[Si](OP(c2ccccc2)c2ccccc2)(OP(c2ccccc2)c2ccccc2)c2ccccc2)c2ccccc2)cc1. The van der Waals surface area contributed by atoms with Gasteiger partial charge in [0.05, 0.1) is 24.4 Å². The molecule has 0 atom stereocenters. The smallest absolute Gasteiger partial charge is 0.338 e. The average Bonchev–Trinajstić information content (AvgIpc) is 3.20. The van der Waals surface area contributed by atoms with Crippen molar-refractivity contribution in [1.29, 1.82) is 0 Å². The minimum Gasteiger partial charge on any atom is -0.338 e. The molecule has 0 aliphatic rings. The van der Waals surface area contributed by atoms with E-state index < -0.39 is 33.3 Å². The van der Waals surface area contributed by atoms with Gasteiger partial charge in [0.15, 0.2) is 0 Å². The number of hydrogen-bond donors (Lipinski definition) is 0. The molecule has 240 valence electrons. The molecule has 0 spiro atoms. The molecule has 0 N–H and O–H groups in total. The Labute approximate surface area is 294 Å². The molecule has 0 saturated carbocycles. The highest BCUT2D eigenvalue weighted by molar-refractivity contribution is 7.73. The van der Waals surface area contributed by atoms with Crippen LogP contribution in [0.3, 0.4) is 0 Å². The Morgan fingerprint density at radius 3 is 0.633 bits per heavy atom. The van der Waals surface area contributed by atoms with Gasteiger partial charge < -0.3 is 12.6 Å². The molecular weight excluding hydrogens is 673 g/mol. The van der Waals surface area contributed by atoms with E-state index in [0.717, 1.165) is 37.0 Å². The van der Waals surface area contributed by atoms with Crippen LogP contribution in [-0.2, 0) is 12.6 Å². The van der Waals surface area contributed by atoms with Gasteiger partial charge in [-0.3, -0.25) is 0 Å². The second kappa shape index (κ2) is 16.6. The maximum absolute atomic E-state index is 7.74. The fourth-order valence-corrected chi connectivity index (χ4v) is 17.5. The molecule has 0 heterocycles. The van der Waals surface area contributed by atoms with Crippen LogP contribution in [-0.4, -0.2) is 8.80 Å². The van der Waals surface area contributed by atoms with Crippen LogP contribution in [0.1, 0.15) is 0 Å². The molecule has 0 radical (unpaired) electrons. The Kier molecular flexibility index (Phi) is 11.3. The van der Waals surface area contributed by atoms with Crippen LogP contribution in [0.15, 0.2) is 212 Å². The van der Waals surface area contributed by atoms with E-state index in [2.05, 4.69) is 170 Å². The first-order chi connectivity index (χ1) is 24.3. The summed E-state index contributed by atoms with van der Waals surface area (Å²) in [7, 11) is -7.97. The third-order valence-corrected chi connectivity index (χ3v) is 18.4. The van der Waals surface area contributed by atoms with E-state index in [-0.39, 0.29) is 0 Å². The summed E-state index contributed by atoms with van der Waals surface area (Å²) in [6.45, 7) is 0. The molecule has 0 amide bonds. The van der Waals surface area contributed by atoms with Crippen molar-refractivity contribution in [1.82, 2.24) is 0 Å². The summed E-state index contributed by atoms with van der Waals surface area (Å²) in [4.78, 5) is 0. The third kappa shape index (κ3) is 8.22. The number of benzene rings is 7. The van der Waals surface area contributed by atoms with Gasteiger partial charge >= 0.3 is 8.80 Å². The van der Waals surface area contributed by atoms with Gasteiger partial charge in [-0.2, -0.15) is 0 Å². The van der Waals surface area contributed by atoms with E-state index in [1.54, 1.807) is 0 Å². The van der Waals surface area contributed by atoms with E-state index in [0.29, 0.717) is 0 Å². The number of rotatable bonds is 13. The first kappa shape index (κ1) is 33.4. The quantitative estimate of drug-likeness (QED) is 0.0898. The van der Waals surface area contributed by atoms with Gasteiger partial charge in [0.25, 0.3) is 0 Å². The zero-order valence-corrected chi connectivity index (χ0v) is 30.5. The van der Waals surface area contributed by atoms with Gasteiger partial charge in [-0.1, -0.05) is 212 Å². The van der Waals surface area contributed by atoms with Crippen LogP contribution < -0.4 is 37.0 Å². The molecule has 7 aromatic carbocycles. The second-order valence-corrected chi connectivity index (χ2v) is 19.8. The fraction of sp³-hybridized carbons (Fsp3) is 0. The lowest BCUT2D eigenvalue weighted by atomic mass is 10.4. The molecule has 0 bridgehead atoms. The molecule has 0 saturated heterocycles. The minimum atomic E-state index is -3.87. The summed E-state index contributed by atoms with van der Waals surface area (Å²) in [5.74, 6) is 0. The Morgan fingerprint density at radius 1 is 0.245 bits per heavy atom. The molecule has 0 aliphatic carbocycles. The summed E-state index contributed by atoms with van der Waals surface area (Å²) in [6.07, 6.45) is 0. The van der Waals surface area contributed by atoms with E-state index in [9.17, 15) is 0 Å². The van der Waals surface area contributed by atoms with Crippen molar-refractivity contribution >= 4 is 70.3 Å².